The Morgan fingerprint density at radius 1 is 1.67 bits per heavy atom. The van der Waals surface area contributed by atoms with Crippen molar-refractivity contribution < 1.29 is 4.74 Å². The second kappa shape index (κ2) is 5.03. The number of ether oxygens (including phenoxy) is 1. The molecule has 0 aromatic rings. The Labute approximate surface area is 83.3 Å². The van der Waals surface area contributed by atoms with Crippen molar-refractivity contribution in [2.45, 2.75) is 32.8 Å². The van der Waals surface area contributed by atoms with Gasteiger partial charge in [-0.3, -0.25) is 0 Å². The summed E-state index contributed by atoms with van der Waals surface area (Å²) in [6, 6.07) is 0. The molecule has 12 heavy (non-hydrogen) atoms. The zero-order valence-corrected chi connectivity index (χ0v) is 9.43. The molecule has 0 N–H and O–H groups in total. The van der Waals surface area contributed by atoms with Crippen LogP contribution in [-0.4, -0.2) is 18.0 Å². The third-order valence-electron chi connectivity index (χ3n) is 2.26. The summed E-state index contributed by atoms with van der Waals surface area (Å²) >= 11 is 3.50. The van der Waals surface area contributed by atoms with Crippen LogP contribution in [0.1, 0.15) is 26.7 Å². The average Bonchev–Trinajstić information content (AvgIpc) is 2.51. The fraction of sp³-hybridized carbons (Fsp3) is 0.800. The second-order valence-corrected chi connectivity index (χ2v) is 4.14. The molecule has 1 rings (SSSR count). The van der Waals surface area contributed by atoms with Crippen LogP contribution >= 0.6 is 15.9 Å². The zero-order chi connectivity index (χ0) is 8.97. The lowest BCUT2D eigenvalue weighted by molar-refractivity contribution is 0.144. The van der Waals surface area contributed by atoms with Crippen LogP contribution in [0.4, 0.5) is 0 Å². The highest BCUT2D eigenvalue weighted by molar-refractivity contribution is 9.09. The van der Waals surface area contributed by atoms with Gasteiger partial charge in [-0.25, -0.2) is 0 Å². The van der Waals surface area contributed by atoms with E-state index in [1.54, 1.807) is 0 Å². The highest BCUT2D eigenvalue weighted by atomic mass is 79.9. The van der Waals surface area contributed by atoms with Gasteiger partial charge in [-0.05, 0) is 18.8 Å². The van der Waals surface area contributed by atoms with Gasteiger partial charge in [-0.1, -0.05) is 41.4 Å². The predicted octanol–water partition coefficient (Wildman–Crippen LogP) is 3.14. The molecule has 1 unspecified atom stereocenters. The van der Waals surface area contributed by atoms with Crippen molar-refractivity contribution in [2.24, 2.45) is 5.92 Å². The molecule has 0 spiro atoms. The molecule has 0 aliphatic carbocycles. The first kappa shape index (κ1) is 10.3. The van der Waals surface area contributed by atoms with Crippen LogP contribution in [0.3, 0.4) is 0 Å². The highest BCUT2D eigenvalue weighted by Gasteiger charge is 2.14. The third kappa shape index (κ3) is 2.91. The maximum absolute atomic E-state index is 5.54. The predicted molar refractivity (Wildman–Crippen MR) is 55.7 cm³/mol. The maximum Gasteiger partial charge on any atom is 0.0759 e. The van der Waals surface area contributed by atoms with Crippen molar-refractivity contribution in [3.05, 3.63) is 11.6 Å². The largest absolute Gasteiger partial charge is 0.374 e. The van der Waals surface area contributed by atoms with Crippen LogP contribution in [0, 0.1) is 5.92 Å². The quantitative estimate of drug-likeness (QED) is 0.537. The summed E-state index contributed by atoms with van der Waals surface area (Å²) in [7, 11) is 0. The molecular formula is C10H17BrO. The van der Waals surface area contributed by atoms with Gasteiger partial charge in [0.1, 0.15) is 0 Å². The third-order valence-corrected chi connectivity index (χ3v) is 2.91. The number of hydrogen-bond donors (Lipinski definition) is 0. The Kier molecular flexibility index (Phi) is 4.30. The summed E-state index contributed by atoms with van der Waals surface area (Å²) in [5, 5.41) is 0.977. The Bertz CT molecular complexity index is 157. The first-order chi connectivity index (χ1) is 5.74. The van der Waals surface area contributed by atoms with E-state index in [0.717, 1.165) is 11.9 Å². The molecule has 1 aliphatic rings. The molecule has 0 amide bonds. The maximum atomic E-state index is 5.54. The lowest BCUT2D eigenvalue weighted by Crippen LogP contribution is -2.05. The highest BCUT2D eigenvalue weighted by Crippen LogP contribution is 2.19. The zero-order valence-electron chi connectivity index (χ0n) is 7.85. The molecule has 0 aromatic heterocycles. The van der Waals surface area contributed by atoms with E-state index >= 15 is 0 Å². The summed E-state index contributed by atoms with van der Waals surface area (Å²) in [6.07, 6.45) is 5.09. The van der Waals surface area contributed by atoms with Gasteiger partial charge in [0, 0.05) is 11.9 Å². The van der Waals surface area contributed by atoms with Gasteiger partial charge in [-0.2, -0.15) is 0 Å². The second-order valence-electron chi connectivity index (χ2n) is 3.58. The van der Waals surface area contributed by atoms with Crippen LogP contribution in [0.25, 0.3) is 0 Å². The fourth-order valence-electron chi connectivity index (χ4n) is 1.36. The van der Waals surface area contributed by atoms with Crippen LogP contribution in [0.5, 0.6) is 0 Å². The van der Waals surface area contributed by atoms with Crippen molar-refractivity contribution in [3.63, 3.8) is 0 Å². The van der Waals surface area contributed by atoms with Crippen molar-refractivity contribution >= 4 is 15.9 Å². The van der Waals surface area contributed by atoms with Crippen LogP contribution < -0.4 is 0 Å². The topological polar surface area (TPSA) is 9.23 Å². The molecule has 1 nitrogen and oxygen atoms in total. The lowest BCUT2D eigenvalue weighted by atomic mass is 10.0. The van der Waals surface area contributed by atoms with Crippen molar-refractivity contribution in [3.8, 4) is 0 Å². The van der Waals surface area contributed by atoms with Crippen LogP contribution in [0.15, 0.2) is 11.6 Å². The molecule has 2 heteroatoms. The van der Waals surface area contributed by atoms with Gasteiger partial charge >= 0.3 is 0 Å². The van der Waals surface area contributed by atoms with E-state index in [2.05, 4.69) is 35.9 Å². The molecule has 1 aliphatic heterocycles. The fourth-order valence-corrected chi connectivity index (χ4v) is 2.20. The van der Waals surface area contributed by atoms with E-state index in [4.69, 9.17) is 4.74 Å². The van der Waals surface area contributed by atoms with Gasteiger partial charge in [0.2, 0.25) is 0 Å². The van der Waals surface area contributed by atoms with Crippen molar-refractivity contribution in [2.75, 3.05) is 11.9 Å². The van der Waals surface area contributed by atoms with Crippen molar-refractivity contribution in [1.29, 1.82) is 0 Å². The first-order valence-electron chi connectivity index (χ1n) is 4.62. The molecule has 0 radical (unpaired) electrons. The molecule has 0 aromatic carbocycles. The Morgan fingerprint density at radius 3 is 2.83 bits per heavy atom. The van der Waals surface area contributed by atoms with Gasteiger partial charge in [0.05, 0.1) is 6.10 Å². The monoisotopic (exact) mass is 232 g/mol. The minimum absolute atomic E-state index is 0.389. The average molecular weight is 233 g/mol. The Hall–Kier alpha value is 0.180. The summed E-state index contributed by atoms with van der Waals surface area (Å²) in [6.45, 7) is 5.39. The Morgan fingerprint density at radius 2 is 2.42 bits per heavy atom. The van der Waals surface area contributed by atoms with Crippen LogP contribution in [0.2, 0.25) is 0 Å². The molecular weight excluding hydrogens is 216 g/mol. The molecule has 1 fully saturated rings. The summed E-state index contributed by atoms with van der Waals surface area (Å²) in [4.78, 5) is 0. The Balaban J connectivity index is 2.50. The summed E-state index contributed by atoms with van der Waals surface area (Å²) in [5.41, 5.74) is 1.46. The molecule has 0 bridgehead atoms. The van der Waals surface area contributed by atoms with Crippen LogP contribution in [-0.2, 0) is 4.74 Å². The molecule has 1 atom stereocenters. The lowest BCUT2D eigenvalue weighted by Gasteiger charge is -2.11. The number of halogens is 1. The van der Waals surface area contributed by atoms with Gasteiger partial charge in [-0.15, -0.1) is 0 Å². The van der Waals surface area contributed by atoms with E-state index in [1.165, 1.54) is 18.4 Å². The number of rotatable bonds is 3. The number of allylic oxidation sites excluding steroid dienone is 1. The summed E-state index contributed by atoms with van der Waals surface area (Å²) in [5.74, 6) is 0.633. The molecule has 0 saturated carbocycles. The van der Waals surface area contributed by atoms with Gasteiger partial charge in [0.25, 0.3) is 0 Å². The standard InChI is InChI=1S/C10H17BrO/c1-8(2)9(7-11)6-10-4-3-5-12-10/h6,8,10H,3-5,7H2,1-2H3. The normalized spacial score (nSPS) is 25.3. The van der Waals surface area contributed by atoms with Gasteiger partial charge < -0.3 is 4.74 Å². The molecule has 1 saturated heterocycles. The first-order valence-corrected chi connectivity index (χ1v) is 5.74. The van der Waals surface area contributed by atoms with Crippen molar-refractivity contribution in [1.82, 2.24) is 0 Å². The number of alkyl halides is 1. The van der Waals surface area contributed by atoms with E-state index in [0.29, 0.717) is 12.0 Å². The number of hydrogen-bond acceptors (Lipinski definition) is 1. The van der Waals surface area contributed by atoms with Gasteiger partial charge in [0.15, 0.2) is 0 Å². The molecule has 1 heterocycles. The summed E-state index contributed by atoms with van der Waals surface area (Å²) < 4.78 is 5.54. The molecule has 70 valence electrons. The smallest absolute Gasteiger partial charge is 0.0759 e. The minimum Gasteiger partial charge on any atom is -0.374 e. The van der Waals surface area contributed by atoms with E-state index in [-0.39, 0.29) is 0 Å². The SMILES string of the molecule is CC(C)C(=CC1CCCO1)CBr. The van der Waals surface area contributed by atoms with E-state index < -0.39 is 0 Å². The van der Waals surface area contributed by atoms with E-state index in [9.17, 15) is 0 Å². The minimum atomic E-state index is 0.389. The van der Waals surface area contributed by atoms with E-state index in [1.807, 2.05) is 0 Å².